The molecule has 0 aromatic heterocycles. The van der Waals surface area contributed by atoms with Crippen molar-refractivity contribution in [1.29, 1.82) is 0 Å². The molecule has 2 rings (SSSR count). The lowest BCUT2D eigenvalue weighted by Crippen LogP contribution is -2.63. The average Bonchev–Trinajstić information content (AvgIpc) is 2.61. The van der Waals surface area contributed by atoms with E-state index < -0.39 is 12.6 Å². The SMILES string of the molecule is CC1NC(C)C(C(O)OC[SiH3])C(C2CCCC(N(O)O)C2)C1C(O)OC[SiH3]. The van der Waals surface area contributed by atoms with Gasteiger partial charge >= 0.3 is 0 Å². The van der Waals surface area contributed by atoms with E-state index in [0.717, 1.165) is 39.7 Å². The van der Waals surface area contributed by atoms with Crippen LogP contribution in [0.15, 0.2) is 0 Å². The van der Waals surface area contributed by atoms with E-state index in [2.05, 4.69) is 19.2 Å². The van der Waals surface area contributed by atoms with E-state index in [-0.39, 0.29) is 41.8 Å². The van der Waals surface area contributed by atoms with Gasteiger partial charge < -0.3 is 25.0 Å². The van der Waals surface area contributed by atoms with Gasteiger partial charge in [0.25, 0.3) is 0 Å². The summed E-state index contributed by atoms with van der Waals surface area (Å²) in [5.74, 6) is -0.276. The van der Waals surface area contributed by atoms with Crippen LogP contribution < -0.4 is 5.32 Å². The van der Waals surface area contributed by atoms with Crippen LogP contribution in [0.4, 0.5) is 0 Å². The van der Waals surface area contributed by atoms with Crippen LogP contribution in [0.2, 0.25) is 0 Å². The second-order valence-corrected chi connectivity index (χ2v) is 9.22. The van der Waals surface area contributed by atoms with E-state index in [0.29, 0.717) is 24.1 Å². The summed E-state index contributed by atoms with van der Waals surface area (Å²) in [6, 6.07) is -0.279. The molecule has 8 atom stereocenters. The molecule has 10 heteroatoms. The molecule has 1 aliphatic carbocycles. The van der Waals surface area contributed by atoms with Crippen molar-refractivity contribution in [3.05, 3.63) is 0 Å². The zero-order chi connectivity index (χ0) is 20.1. The van der Waals surface area contributed by atoms with Gasteiger partial charge in [0.05, 0.1) is 6.04 Å². The Morgan fingerprint density at radius 2 is 1.52 bits per heavy atom. The first-order valence-electron chi connectivity index (χ1n) is 10.3. The van der Waals surface area contributed by atoms with E-state index in [1.165, 1.54) is 0 Å². The van der Waals surface area contributed by atoms with Crippen molar-refractivity contribution >= 4 is 20.5 Å². The molecular weight excluding hydrogens is 384 g/mol. The predicted octanol–water partition coefficient (Wildman–Crippen LogP) is -1.83. The maximum absolute atomic E-state index is 10.8. The minimum atomic E-state index is -0.909. The third-order valence-corrected chi connectivity index (χ3v) is 7.13. The van der Waals surface area contributed by atoms with Crippen molar-refractivity contribution in [1.82, 2.24) is 10.5 Å². The first-order valence-corrected chi connectivity index (χ1v) is 13.2. The summed E-state index contributed by atoms with van der Waals surface area (Å²) in [5, 5.41) is 44.5. The van der Waals surface area contributed by atoms with Gasteiger partial charge in [0.15, 0.2) is 12.6 Å². The molecule has 1 heterocycles. The number of hydroxylamine groups is 2. The van der Waals surface area contributed by atoms with Crippen molar-refractivity contribution in [2.24, 2.45) is 23.7 Å². The Labute approximate surface area is 168 Å². The van der Waals surface area contributed by atoms with Gasteiger partial charge in [-0.05, 0) is 38.5 Å². The molecule has 2 fully saturated rings. The van der Waals surface area contributed by atoms with Crippen LogP contribution in [0.5, 0.6) is 0 Å². The highest BCUT2D eigenvalue weighted by atomic mass is 28.1. The van der Waals surface area contributed by atoms with Crippen LogP contribution >= 0.6 is 0 Å². The number of hydrogen-bond donors (Lipinski definition) is 5. The molecule has 27 heavy (non-hydrogen) atoms. The van der Waals surface area contributed by atoms with E-state index in [1.54, 1.807) is 0 Å². The molecule has 8 nitrogen and oxygen atoms in total. The van der Waals surface area contributed by atoms with E-state index in [4.69, 9.17) is 9.47 Å². The Balaban J connectivity index is 2.35. The standard InChI is InChI=1S/C17H38N2O6Si2/c1-9-13(16(20)24-7-26)15(11-4-3-5-12(6-11)19(22)23)14(10(2)18-9)17(21)25-8-27/h9-18,20-23H,3-8H2,1-2,26-27H3. The molecule has 8 unspecified atom stereocenters. The predicted molar refractivity (Wildman–Crippen MR) is 107 cm³/mol. The number of piperidine rings is 1. The summed E-state index contributed by atoms with van der Waals surface area (Å²) < 4.78 is 11.2. The third kappa shape index (κ3) is 5.59. The molecule has 0 bridgehead atoms. The summed E-state index contributed by atoms with van der Waals surface area (Å²) in [6.07, 6.45) is 2.44. The van der Waals surface area contributed by atoms with E-state index in [9.17, 15) is 20.6 Å². The van der Waals surface area contributed by atoms with Crippen LogP contribution in [-0.2, 0) is 9.47 Å². The van der Waals surface area contributed by atoms with Crippen LogP contribution in [0, 0.1) is 23.7 Å². The van der Waals surface area contributed by atoms with Crippen molar-refractivity contribution in [3.63, 3.8) is 0 Å². The quantitative estimate of drug-likeness (QED) is 0.176. The highest BCUT2D eigenvalue weighted by Gasteiger charge is 2.51. The number of ether oxygens (including phenoxy) is 2. The lowest BCUT2D eigenvalue weighted by atomic mass is 9.61. The molecular formula is C17H38N2O6Si2. The fraction of sp³-hybridized carbons (Fsp3) is 1.00. The molecule has 1 saturated heterocycles. The second-order valence-electron chi connectivity index (χ2n) is 8.07. The van der Waals surface area contributed by atoms with Crippen molar-refractivity contribution in [3.8, 4) is 0 Å². The fourth-order valence-electron chi connectivity index (χ4n) is 5.39. The van der Waals surface area contributed by atoms with Crippen molar-refractivity contribution in [2.75, 3.05) is 12.5 Å². The second kappa shape index (κ2) is 10.8. The van der Waals surface area contributed by atoms with Gasteiger partial charge in [0, 0.05) is 56.9 Å². The van der Waals surface area contributed by atoms with Gasteiger partial charge in [-0.2, -0.15) is 0 Å². The molecule has 1 saturated carbocycles. The highest BCUT2D eigenvalue weighted by Crippen LogP contribution is 2.46. The maximum atomic E-state index is 10.8. The van der Waals surface area contributed by atoms with Gasteiger partial charge in [-0.1, -0.05) is 18.1 Å². The summed E-state index contributed by atoms with van der Waals surface area (Å²) in [4.78, 5) is 0. The molecule has 0 amide bonds. The molecule has 0 aromatic rings. The molecule has 2 aliphatic rings. The highest BCUT2D eigenvalue weighted by molar-refractivity contribution is 6.08. The van der Waals surface area contributed by atoms with Crippen molar-refractivity contribution < 1.29 is 30.1 Å². The van der Waals surface area contributed by atoms with E-state index in [1.807, 2.05) is 0 Å². The van der Waals surface area contributed by atoms with Gasteiger partial charge in [-0.25, -0.2) is 0 Å². The summed E-state index contributed by atoms with van der Waals surface area (Å²) in [6.45, 7) is 4.10. The Morgan fingerprint density at radius 3 is 1.96 bits per heavy atom. The average molecular weight is 423 g/mol. The number of hydrogen-bond acceptors (Lipinski definition) is 8. The lowest BCUT2D eigenvalue weighted by Gasteiger charge is -2.52. The number of aliphatic hydroxyl groups is 2. The van der Waals surface area contributed by atoms with Gasteiger partial charge in [-0.3, -0.25) is 10.4 Å². The third-order valence-electron chi connectivity index (χ3n) is 6.46. The summed E-state index contributed by atoms with van der Waals surface area (Å²) in [7, 11) is 1.68. The smallest absolute Gasteiger partial charge is 0.158 e. The number of nitrogens with zero attached hydrogens (tertiary/aromatic N) is 1. The fourth-order valence-corrected chi connectivity index (χ4v) is 6.07. The zero-order valence-corrected chi connectivity index (χ0v) is 21.0. The van der Waals surface area contributed by atoms with Gasteiger partial charge in [0.2, 0.25) is 0 Å². The Hall–Kier alpha value is 0.114. The monoisotopic (exact) mass is 422 g/mol. The number of rotatable bonds is 8. The van der Waals surface area contributed by atoms with Gasteiger partial charge in [0.1, 0.15) is 0 Å². The first kappa shape index (κ1) is 23.4. The minimum absolute atomic E-state index is 0.0207. The minimum Gasteiger partial charge on any atom is -0.368 e. The topological polar surface area (TPSA) is 115 Å². The first-order chi connectivity index (χ1) is 12.8. The largest absolute Gasteiger partial charge is 0.368 e. The van der Waals surface area contributed by atoms with Crippen LogP contribution in [-0.4, -0.2) is 89.5 Å². The number of aliphatic hydroxyl groups excluding tert-OH is 2. The molecule has 0 radical (unpaired) electrons. The zero-order valence-electron chi connectivity index (χ0n) is 17.0. The molecule has 1 aliphatic heterocycles. The number of nitrogens with one attached hydrogen (secondary N) is 1. The van der Waals surface area contributed by atoms with Crippen LogP contribution in [0.3, 0.4) is 0 Å². The van der Waals surface area contributed by atoms with Crippen LogP contribution in [0.1, 0.15) is 39.5 Å². The molecule has 0 spiro atoms. The van der Waals surface area contributed by atoms with Crippen molar-refractivity contribution in [2.45, 2.75) is 70.2 Å². The molecule has 5 N–H and O–H groups in total. The molecule has 0 aromatic carbocycles. The summed E-state index contributed by atoms with van der Waals surface area (Å²) >= 11 is 0. The van der Waals surface area contributed by atoms with Gasteiger partial charge in [-0.15, -0.1) is 0 Å². The Morgan fingerprint density at radius 1 is 1.00 bits per heavy atom. The molecule has 160 valence electrons. The van der Waals surface area contributed by atoms with Crippen LogP contribution in [0.25, 0.3) is 0 Å². The Bertz CT molecular complexity index is 418. The maximum Gasteiger partial charge on any atom is 0.158 e. The summed E-state index contributed by atoms with van der Waals surface area (Å²) in [5.41, 5.74) is 0. The Kier molecular flexibility index (Phi) is 9.33. The lowest BCUT2D eigenvalue weighted by molar-refractivity contribution is -0.338. The normalized spacial score (nSPS) is 40.3. The van der Waals surface area contributed by atoms with E-state index >= 15 is 0 Å².